The van der Waals surface area contributed by atoms with E-state index in [1.54, 1.807) is 6.08 Å². The maximum Gasteiger partial charge on any atom is 0.313 e. The van der Waals surface area contributed by atoms with Crippen LogP contribution in [0.3, 0.4) is 0 Å². The van der Waals surface area contributed by atoms with Crippen LogP contribution in [-0.2, 0) is 28.5 Å². The fourth-order valence-electron chi connectivity index (χ4n) is 4.21. The quantitative estimate of drug-likeness (QED) is 0.0647. The first-order valence-corrected chi connectivity index (χ1v) is 12.7. The number of esters is 1. The molecule has 2 saturated heterocycles. The number of carbonyl (C=O) groups is 2. The normalized spacial score (nSPS) is 36.7. The van der Waals surface area contributed by atoms with E-state index in [1.165, 1.54) is 6.08 Å². The molecule has 2 fully saturated rings. The lowest BCUT2D eigenvalue weighted by molar-refractivity contribution is -0.376. The third kappa shape index (κ3) is 8.64. The molecular formula is C24H40O14. The summed E-state index contributed by atoms with van der Waals surface area (Å²) in [5.41, 5.74) is 0. The second kappa shape index (κ2) is 15.8. The summed E-state index contributed by atoms with van der Waals surface area (Å²) in [4.78, 5) is 24.2. The van der Waals surface area contributed by atoms with E-state index in [-0.39, 0.29) is 0 Å². The van der Waals surface area contributed by atoms with Gasteiger partial charge in [0, 0.05) is 0 Å². The third-order valence-electron chi connectivity index (χ3n) is 6.48. The summed E-state index contributed by atoms with van der Waals surface area (Å²) < 4.78 is 21.2. The number of aliphatic carboxylic acids is 1. The van der Waals surface area contributed by atoms with Crippen LogP contribution in [0, 0.1) is 5.92 Å². The minimum Gasteiger partial charge on any atom is -0.481 e. The van der Waals surface area contributed by atoms with Gasteiger partial charge in [0.1, 0.15) is 42.7 Å². The first-order chi connectivity index (χ1) is 18.0. The number of carbonyl (C=O) groups excluding carboxylic acids is 1. The van der Waals surface area contributed by atoms with Gasteiger partial charge in [-0.2, -0.15) is 0 Å². The highest BCUT2D eigenvalue weighted by Crippen LogP contribution is 2.30. The Kier molecular flexibility index (Phi) is 13.5. The van der Waals surface area contributed by atoms with E-state index >= 15 is 0 Å². The fraction of sp³-hybridized carbons (Fsp3) is 0.833. The summed E-state index contributed by atoms with van der Waals surface area (Å²) in [5, 5.41) is 79.6. The molecule has 0 aromatic carbocycles. The number of ether oxygens (including phenoxy) is 4. The van der Waals surface area contributed by atoms with E-state index in [2.05, 4.69) is 6.92 Å². The van der Waals surface area contributed by atoms with Crippen LogP contribution in [0.2, 0.25) is 0 Å². The second-order valence-corrected chi connectivity index (χ2v) is 9.42. The van der Waals surface area contributed by atoms with Crippen molar-refractivity contribution >= 4 is 11.9 Å². The second-order valence-electron chi connectivity index (χ2n) is 9.42. The molecule has 0 aliphatic carbocycles. The zero-order valence-corrected chi connectivity index (χ0v) is 21.2. The number of aliphatic hydroxyl groups is 7. The van der Waals surface area contributed by atoms with E-state index in [0.29, 0.717) is 6.42 Å². The van der Waals surface area contributed by atoms with Gasteiger partial charge in [0.2, 0.25) is 0 Å². The molecule has 11 atom stereocenters. The standard InChI is InChI=1S/C24H40O14/c1-2-3-4-5-6-7-8-12(9-15(27)28)22(34)37-21-17(30)14(11-26)36-24(20(21)33)38-23-19(32)18(31)16(29)13(10-25)35-23/h7-8,12-14,16-21,23-26,29-33H,2-6,9-11H2,1H3,(H,27,28)/t12?,13-,14-,16-,17-,18+,19-,20-,21+,23-,24-/m1/s1. The lowest BCUT2D eigenvalue weighted by Crippen LogP contribution is -2.64. The summed E-state index contributed by atoms with van der Waals surface area (Å²) in [7, 11) is 0. The Bertz CT molecular complexity index is 760. The minimum absolute atomic E-state index is 0.603. The highest BCUT2D eigenvalue weighted by Gasteiger charge is 2.51. The molecule has 0 radical (unpaired) electrons. The van der Waals surface area contributed by atoms with Gasteiger partial charge >= 0.3 is 11.9 Å². The van der Waals surface area contributed by atoms with Crippen molar-refractivity contribution in [3.8, 4) is 0 Å². The molecule has 14 nitrogen and oxygen atoms in total. The van der Waals surface area contributed by atoms with Gasteiger partial charge in [-0.1, -0.05) is 38.3 Å². The molecule has 2 rings (SSSR count). The van der Waals surface area contributed by atoms with Gasteiger partial charge in [-0.15, -0.1) is 0 Å². The average Bonchev–Trinajstić information content (AvgIpc) is 2.89. The summed E-state index contributed by atoms with van der Waals surface area (Å²) in [6.45, 7) is 0.523. The number of carboxylic acids is 1. The summed E-state index contributed by atoms with van der Waals surface area (Å²) >= 11 is 0. The molecule has 2 heterocycles. The van der Waals surface area contributed by atoms with E-state index in [4.69, 9.17) is 18.9 Å². The Morgan fingerprint density at radius 2 is 1.45 bits per heavy atom. The molecule has 0 spiro atoms. The SMILES string of the molecule is CCCCCCC=CC(CC(=O)O)C(=O)O[C@@H]1[C@@H](O)[C@@H](O[C@H]2O[C@H](CO)[C@@H](O)[C@H](O)[C@H]2O)O[C@H](CO)[C@H]1O. The van der Waals surface area contributed by atoms with Crippen molar-refractivity contribution in [1.82, 2.24) is 0 Å². The number of aliphatic hydroxyl groups excluding tert-OH is 7. The predicted octanol–water partition coefficient (Wildman–Crippen LogP) is -2.23. The number of allylic oxidation sites excluding steroid dienone is 1. The van der Waals surface area contributed by atoms with E-state index in [0.717, 1.165) is 25.7 Å². The Morgan fingerprint density at radius 1 is 0.842 bits per heavy atom. The molecule has 0 aromatic rings. The Hall–Kier alpha value is -1.72. The first kappa shape index (κ1) is 32.5. The molecule has 220 valence electrons. The highest BCUT2D eigenvalue weighted by molar-refractivity contribution is 5.80. The van der Waals surface area contributed by atoms with Gasteiger partial charge in [0.15, 0.2) is 18.7 Å². The number of hydrogen-bond donors (Lipinski definition) is 8. The molecule has 1 unspecified atom stereocenters. The zero-order valence-electron chi connectivity index (χ0n) is 21.2. The molecule has 2 aliphatic heterocycles. The van der Waals surface area contributed by atoms with Crippen molar-refractivity contribution in [2.24, 2.45) is 5.92 Å². The van der Waals surface area contributed by atoms with Crippen LogP contribution in [0.25, 0.3) is 0 Å². The van der Waals surface area contributed by atoms with Gasteiger partial charge in [-0.05, 0) is 12.8 Å². The van der Waals surface area contributed by atoms with Crippen molar-refractivity contribution in [2.45, 2.75) is 107 Å². The number of carboxylic acid groups (broad SMARTS) is 1. The maximum atomic E-state index is 12.9. The lowest BCUT2D eigenvalue weighted by Gasteiger charge is -2.45. The smallest absolute Gasteiger partial charge is 0.313 e. The van der Waals surface area contributed by atoms with E-state index < -0.39 is 98.9 Å². The number of hydrogen-bond acceptors (Lipinski definition) is 13. The monoisotopic (exact) mass is 552 g/mol. The molecular weight excluding hydrogens is 512 g/mol. The fourth-order valence-corrected chi connectivity index (χ4v) is 4.21. The number of rotatable bonds is 14. The summed E-state index contributed by atoms with van der Waals surface area (Å²) in [6.07, 6.45) is -9.94. The van der Waals surface area contributed by atoms with E-state index in [9.17, 15) is 50.4 Å². The van der Waals surface area contributed by atoms with Crippen molar-refractivity contribution in [3.63, 3.8) is 0 Å². The predicted molar refractivity (Wildman–Crippen MR) is 126 cm³/mol. The molecule has 0 amide bonds. The Balaban J connectivity index is 2.13. The van der Waals surface area contributed by atoms with Crippen LogP contribution in [0.1, 0.15) is 45.4 Å². The van der Waals surface area contributed by atoms with Crippen molar-refractivity contribution in [1.29, 1.82) is 0 Å². The van der Waals surface area contributed by atoms with Gasteiger partial charge in [0.05, 0.1) is 25.6 Å². The van der Waals surface area contributed by atoms with Crippen LogP contribution >= 0.6 is 0 Å². The molecule has 0 aromatic heterocycles. The number of unbranched alkanes of at least 4 members (excludes halogenated alkanes) is 4. The van der Waals surface area contributed by atoms with Gasteiger partial charge in [-0.25, -0.2) is 0 Å². The largest absolute Gasteiger partial charge is 0.481 e. The molecule has 0 bridgehead atoms. The molecule has 38 heavy (non-hydrogen) atoms. The molecule has 14 heteroatoms. The van der Waals surface area contributed by atoms with Crippen LogP contribution < -0.4 is 0 Å². The lowest BCUT2D eigenvalue weighted by atomic mass is 9.97. The summed E-state index contributed by atoms with van der Waals surface area (Å²) in [5.74, 6) is -3.54. The maximum absolute atomic E-state index is 12.9. The molecule has 8 N–H and O–H groups in total. The Labute approximate surface area is 220 Å². The van der Waals surface area contributed by atoms with Crippen LogP contribution in [-0.4, -0.2) is 127 Å². The van der Waals surface area contributed by atoms with Crippen LogP contribution in [0.5, 0.6) is 0 Å². The van der Waals surface area contributed by atoms with Crippen molar-refractivity contribution < 1.29 is 69.4 Å². The highest BCUT2D eigenvalue weighted by atomic mass is 16.8. The minimum atomic E-state index is -1.91. The van der Waals surface area contributed by atoms with Gasteiger partial charge < -0.3 is 59.8 Å². The average molecular weight is 553 g/mol. The molecule has 0 saturated carbocycles. The topological polar surface area (TPSA) is 233 Å². The summed E-state index contributed by atoms with van der Waals surface area (Å²) in [6, 6.07) is 0. The Morgan fingerprint density at radius 3 is 2.03 bits per heavy atom. The van der Waals surface area contributed by atoms with Gasteiger partial charge in [0.25, 0.3) is 0 Å². The van der Waals surface area contributed by atoms with Gasteiger partial charge in [-0.3, -0.25) is 9.59 Å². The first-order valence-electron chi connectivity index (χ1n) is 12.7. The van der Waals surface area contributed by atoms with Crippen LogP contribution in [0.4, 0.5) is 0 Å². The van der Waals surface area contributed by atoms with Crippen molar-refractivity contribution in [3.05, 3.63) is 12.2 Å². The van der Waals surface area contributed by atoms with Crippen LogP contribution in [0.15, 0.2) is 12.2 Å². The zero-order chi connectivity index (χ0) is 28.4. The van der Waals surface area contributed by atoms with Crippen molar-refractivity contribution in [2.75, 3.05) is 13.2 Å². The van der Waals surface area contributed by atoms with E-state index in [1.807, 2.05) is 0 Å². The third-order valence-corrected chi connectivity index (χ3v) is 6.48. The molecule has 2 aliphatic rings.